The molecule has 2 aliphatic heterocycles. The highest BCUT2D eigenvalue weighted by atomic mass is 32.2. The maximum absolute atomic E-state index is 12.5. The largest absolute Gasteiger partial charge is 0.444 e. The fourth-order valence-corrected chi connectivity index (χ4v) is 7.46. The summed E-state index contributed by atoms with van der Waals surface area (Å²) in [6.45, 7) is 24.2. The zero-order chi connectivity index (χ0) is 48.1. The molecule has 0 spiro atoms. The van der Waals surface area contributed by atoms with E-state index < -0.39 is 46.8 Å². The number of nitrogens with one attached hydrogen (secondary N) is 4. The predicted octanol–water partition coefficient (Wildman–Crippen LogP) is 6.73. The number of aliphatic hydroxyl groups excluding tert-OH is 1. The molecule has 0 bridgehead atoms. The molecule has 21 nitrogen and oxygen atoms in total. The van der Waals surface area contributed by atoms with Gasteiger partial charge in [0.25, 0.3) is 0 Å². The van der Waals surface area contributed by atoms with Gasteiger partial charge in [-0.2, -0.15) is 19.2 Å². The molecular formula is C42H64N12O9S2. The minimum Gasteiger partial charge on any atom is -0.444 e. The topological polar surface area (TPSA) is 240 Å². The fraction of sp³-hybridized carbons (Fsp3) is 0.619. The number of thioether (sulfide) groups is 1. The van der Waals surface area contributed by atoms with Crippen molar-refractivity contribution >= 4 is 83.3 Å². The number of carbonyl (C=O) groups excluding carboxylic acids is 4. The van der Waals surface area contributed by atoms with Gasteiger partial charge in [-0.1, -0.05) is 0 Å². The van der Waals surface area contributed by atoms with E-state index in [1.165, 1.54) is 16.3 Å². The molecule has 358 valence electrons. The molecule has 4 amide bonds. The average Bonchev–Trinajstić information content (AvgIpc) is 3.96. The third-order valence-corrected chi connectivity index (χ3v) is 10.2. The maximum Gasteiger partial charge on any atom is 0.413 e. The van der Waals surface area contributed by atoms with Crippen LogP contribution in [0.2, 0.25) is 0 Å². The quantitative estimate of drug-likeness (QED) is 0.0579. The first-order chi connectivity index (χ1) is 30.1. The number of hydrogen-bond acceptors (Lipinski definition) is 17. The Hall–Kier alpha value is -5.42. The fourth-order valence-electron chi connectivity index (χ4n) is 6.57. The predicted molar refractivity (Wildman–Crippen MR) is 251 cm³/mol. The first-order valence-electron chi connectivity index (χ1n) is 21.3. The summed E-state index contributed by atoms with van der Waals surface area (Å²) in [5, 5.41) is 29.1. The molecule has 0 aromatic carbocycles. The Balaban J connectivity index is 0.000000245. The summed E-state index contributed by atoms with van der Waals surface area (Å²) in [6.07, 6.45) is 2.61. The molecule has 0 saturated carbocycles. The van der Waals surface area contributed by atoms with Gasteiger partial charge in [0.05, 0.1) is 40.9 Å². The Bertz CT molecular complexity index is 2330. The standard InChI is InChI=1S/C22H34N6O5S.C20H30N6O4S/c1-21(2,3)32-19(30)24-14-7-8-27(13-14)16-11-17(26-20(31)33-22(4,5)6)28-18(25-16)15(12-23-28)34-10-9-29;1-19(2,3)29-17(27)22-12-7-8-25(11-12)14-9-15(24-18(28)30-20(4,5)6)26-16(23-14)13(31)10-21-26/h11-12,14,29H,7-10,13H2,1-6H3,(H,24,30)(H,26,31);9-10,12,31H,7-8,11H2,1-6H3,(H,22,27)(H,24,28)/t14-;12-/m00/s1. The van der Waals surface area contributed by atoms with Gasteiger partial charge in [-0.25, -0.2) is 29.1 Å². The lowest BCUT2D eigenvalue weighted by Gasteiger charge is -2.23. The van der Waals surface area contributed by atoms with E-state index in [1.807, 2.05) is 51.3 Å². The zero-order valence-corrected chi connectivity index (χ0v) is 41.0. The second kappa shape index (κ2) is 20.4. The van der Waals surface area contributed by atoms with Crippen LogP contribution in [-0.4, -0.2) is 132 Å². The van der Waals surface area contributed by atoms with Crippen LogP contribution in [0.1, 0.15) is 95.9 Å². The molecule has 2 atom stereocenters. The number of ether oxygens (including phenoxy) is 4. The van der Waals surface area contributed by atoms with E-state index in [0.29, 0.717) is 71.4 Å². The summed E-state index contributed by atoms with van der Waals surface area (Å²) in [5.41, 5.74) is -1.33. The van der Waals surface area contributed by atoms with E-state index in [4.69, 9.17) is 23.9 Å². The molecule has 2 fully saturated rings. The lowest BCUT2D eigenvalue weighted by Crippen LogP contribution is -2.40. The van der Waals surface area contributed by atoms with E-state index in [9.17, 15) is 24.3 Å². The van der Waals surface area contributed by atoms with Crippen LogP contribution < -0.4 is 31.1 Å². The van der Waals surface area contributed by atoms with Gasteiger partial charge >= 0.3 is 24.4 Å². The number of anilines is 4. The second-order valence-electron chi connectivity index (χ2n) is 19.5. The number of aromatic nitrogens is 6. The number of carbonyl (C=O) groups is 4. The van der Waals surface area contributed by atoms with Crippen LogP contribution in [0, 0.1) is 0 Å². The summed E-state index contributed by atoms with van der Waals surface area (Å²) in [5.74, 6) is 2.60. The lowest BCUT2D eigenvalue weighted by molar-refractivity contribution is 0.0497. The summed E-state index contributed by atoms with van der Waals surface area (Å²) in [6, 6.07) is 3.30. The first kappa shape index (κ1) is 50.6. The number of hydrogen-bond donors (Lipinski definition) is 6. The van der Waals surface area contributed by atoms with Gasteiger partial charge in [-0.3, -0.25) is 10.6 Å². The third-order valence-electron chi connectivity index (χ3n) is 8.94. The number of nitrogens with zero attached hydrogens (tertiary/aromatic N) is 8. The Morgan fingerprint density at radius 3 is 1.49 bits per heavy atom. The zero-order valence-electron chi connectivity index (χ0n) is 39.3. The molecule has 6 heterocycles. The Kier molecular flexibility index (Phi) is 15.9. The number of alkyl carbamates (subject to hydrolysis) is 2. The second-order valence-corrected chi connectivity index (χ2v) is 21.1. The molecule has 0 radical (unpaired) electrons. The van der Waals surface area contributed by atoms with Crippen molar-refractivity contribution in [3.05, 3.63) is 24.5 Å². The normalized spacial score (nSPS) is 16.8. The maximum atomic E-state index is 12.5. The average molecular weight is 945 g/mol. The van der Waals surface area contributed by atoms with E-state index in [0.717, 1.165) is 17.7 Å². The summed E-state index contributed by atoms with van der Waals surface area (Å²) >= 11 is 5.85. The van der Waals surface area contributed by atoms with Crippen molar-refractivity contribution in [2.45, 2.75) is 140 Å². The lowest BCUT2D eigenvalue weighted by atomic mass is 10.2. The molecule has 5 N–H and O–H groups in total. The number of amides is 4. The van der Waals surface area contributed by atoms with Gasteiger partial charge in [0.15, 0.2) is 11.3 Å². The first-order valence-corrected chi connectivity index (χ1v) is 22.8. The van der Waals surface area contributed by atoms with E-state index in [2.05, 4.69) is 49.1 Å². The van der Waals surface area contributed by atoms with Crippen LogP contribution in [0.25, 0.3) is 11.3 Å². The van der Waals surface area contributed by atoms with Gasteiger partial charge in [0.1, 0.15) is 45.7 Å². The summed E-state index contributed by atoms with van der Waals surface area (Å²) < 4.78 is 24.5. The van der Waals surface area contributed by atoms with Crippen molar-refractivity contribution in [2.75, 3.05) is 59.0 Å². The number of fused-ring (bicyclic) bond motifs is 2. The molecule has 65 heavy (non-hydrogen) atoms. The number of thiol groups is 1. The monoisotopic (exact) mass is 944 g/mol. The van der Waals surface area contributed by atoms with Crippen molar-refractivity contribution in [2.24, 2.45) is 0 Å². The smallest absolute Gasteiger partial charge is 0.413 e. The Morgan fingerprint density at radius 1 is 0.662 bits per heavy atom. The van der Waals surface area contributed by atoms with Gasteiger partial charge in [0.2, 0.25) is 0 Å². The molecule has 23 heteroatoms. The van der Waals surface area contributed by atoms with Crippen molar-refractivity contribution in [3.63, 3.8) is 0 Å². The van der Waals surface area contributed by atoms with Crippen LogP contribution in [0.3, 0.4) is 0 Å². The van der Waals surface area contributed by atoms with Gasteiger partial charge < -0.3 is 44.5 Å². The number of rotatable bonds is 9. The van der Waals surface area contributed by atoms with Crippen LogP contribution in [0.4, 0.5) is 42.4 Å². The summed E-state index contributed by atoms with van der Waals surface area (Å²) in [4.78, 5) is 63.9. The van der Waals surface area contributed by atoms with E-state index >= 15 is 0 Å². The third kappa shape index (κ3) is 15.3. The molecule has 2 aliphatic rings. The summed E-state index contributed by atoms with van der Waals surface area (Å²) in [7, 11) is 0. The molecule has 4 aromatic heterocycles. The molecule has 0 unspecified atom stereocenters. The van der Waals surface area contributed by atoms with Crippen molar-refractivity contribution < 1.29 is 43.2 Å². The van der Waals surface area contributed by atoms with Crippen molar-refractivity contribution in [1.29, 1.82) is 0 Å². The molecule has 4 aromatic rings. The molecular weight excluding hydrogens is 881 g/mol. The number of aliphatic hydroxyl groups is 1. The van der Waals surface area contributed by atoms with Crippen molar-refractivity contribution in [3.8, 4) is 0 Å². The molecule has 0 aliphatic carbocycles. The Morgan fingerprint density at radius 2 is 1.06 bits per heavy atom. The van der Waals surface area contributed by atoms with E-state index in [1.54, 1.807) is 70.6 Å². The minimum absolute atomic E-state index is 0.0227. The van der Waals surface area contributed by atoms with Crippen LogP contribution in [-0.2, 0) is 18.9 Å². The highest BCUT2D eigenvalue weighted by molar-refractivity contribution is 7.99. The van der Waals surface area contributed by atoms with E-state index in [-0.39, 0.29) is 18.7 Å². The molecule has 2 saturated heterocycles. The van der Waals surface area contributed by atoms with Crippen molar-refractivity contribution in [1.82, 2.24) is 39.8 Å². The van der Waals surface area contributed by atoms with Gasteiger partial charge in [-0.05, 0) is 95.9 Å². The SMILES string of the molecule is CC(C)(C)OC(=O)Nc1cc(N2CC[C@H](NC(=O)OC(C)(C)C)C2)nc2c(S)cnn12.CC(C)(C)OC(=O)Nc1cc(N2CC[C@H](NC(=O)OC(C)(C)C)C2)nc2c(SCCO)cnn12. The van der Waals surface area contributed by atoms with Gasteiger partial charge in [0, 0.05) is 44.1 Å². The minimum atomic E-state index is -0.652. The highest BCUT2D eigenvalue weighted by Gasteiger charge is 2.30. The van der Waals surface area contributed by atoms with Gasteiger partial charge in [-0.15, -0.1) is 24.4 Å². The van der Waals surface area contributed by atoms with Crippen LogP contribution in [0.5, 0.6) is 0 Å². The van der Waals surface area contributed by atoms with Crippen LogP contribution in [0.15, 0.2) is 34.3 Å². The highest BCUT2D eigenvalue weighted by Crippen LogP contribution is 2.30. The molecule has 6 rings (SSSR count). The van der Waals surface area contributed by atoms with Crippen LogP contribution >= 0.6 is 24.4 Å². The Labute approximate surface area is 388 Å².